The highest BCUT2D eigenvalue weighted by molar-refractivity contribution is 5.95. The SMILES string of the molecule is CC1(C)CCC(NC(=O)c2cccc(/C=C/C(=O)O)c2)C1. The molecule has 0 aromatic heterocycles. The van der Waals surface area contributed by atoms with Crippen LogP contribution in [0.3, 0.4) is 0 Å². The summed E-state index contributed by atoms with van der Waals surface area (Å²) in [6.07, 6.45) is 5.68. The molecule has 1 atom stereocenters. The van der Waals surface area contributed by atoms with Crippen LogP contribution in [0.25, 0.3) is 6.08 Å². The molecular weight excluding hydrogens is 266 g/mol. The first-order valence-electron chi connectivity index (χ1n) is 7.18. The van der Waals surface area contributed by atoms with Crippen LogP contribution in [0.2, 0.25) is 0 Å². The third-order valence-corrected chi connectivity index (χ3v) is 3.87. The lowest BCUT2D eigenvalue weighted by molar-refractivity contribution is -0.131. The summed E-state index contributed by atoms with van der Waals surface area (Å²) in [6, 6.07) is 7.21. The predicted molar refractivity (Wildman–Crippen MR) is 82.0 cm³/mol. The van der Waals surface area contributed by atoms with E-state index in [9.17, 15) is 9.59 Å². The molecular formula is C17H21NO3. The van der Waals surface area contributed by atoms with Gasteiger partial charge in [-0.25, -0.2) is 4.79 Å². The highest BCUT2D eigenvalue weighted by atomic mass is 16.4. The predicted octanol–water partition coefficient (Wildman–Crippen LogP) is 3.09. The highest BCUT2D eigenvalue weighted by Gasteiger charge is 2.31. The fraction of sp³-hybridized carbons (Fsp3) is 0.412. The lowest BCUT2D eigenvalue weighted by Gasteiger charge is -2.18. The van der Waals surface area contributed by atoms with Crippen LogP contribution >= 0.6 is 0 Å². The van der Waals surface area contributed by atoms with E-state index in [0.717, 1.165) is 25.3 Å². The van der Waals surface area contributed by atoms with Crippen molar-refractivity contribution in [2.24, 2.45) is 5.41 Å². The zero-order chi connectivity index (χ0) is 15.5. The molecule has 1 fully saturated rings. The Hall–Kier alpha value is -2.10. The number of hydrogen-bond acceptors (Lipinski definition) is 2. The second kappa shape index (κ2) is 6.12. The van der Waals surface area contributed by atoms with Crippen LogP contribution < -0.4 is 5.32 Å². The molecule has 1 amide bonds. The summed E-state index contributed by atoms with van der Waals surface area (Å²) in [6.45, 7) is 4.44. The standard InChI is InChI=1S/C17H21NO3/c1-17(2)9-8-14(11-17)18-16(21)13-5-3-4-12(10-13)6-7-15(19)20/h3-7,10,14H,8-9,11H2,1-2H3,(H,18,21)(H,19,20)/b7-6+. The van der Waals surface area contributed by atoms with E-state index in [-0.39, 0.29) is 11.9 Å². The minimum Gasteiger partial charge on any atom is -0.478 e. The molecule has 0 aliphatic heterocycles. The van der Waals surface area contributed by atoms with Crippen molar-refractivity contribution in [2.75, 3.05) is 0 Å². The fourth-order valence-corrected chi connectivity index (χ4v) is 2.78. The molecule has 2 N–H and O–H groups in total. The molecule has 0 bridgehead atoms. The van der Waals surface area contributed by atoms with Gasteiger partial charge in [0, 0.05) is 17.7 Å². The number of carboxylic acids is 1. The highest BCUT2D eigenvalue weighted by Crippen LogP contribution is 2.36. The lowest BCUT2D eigenvalue weighted by atomic mass is 9.92. The zero-order valence-corrected chi connectivity index (χ0v) is 12.4. The van der Waals surface area contributed by atoms with Gasteiger partial charge in [-0.05, 0) is 48.4 Å². The number of benzene rings is 1. The second-order valence-electron chi connectivity index (χ2n) is 6.37. The maximum atomic E-state index is 12.3. The Labute approximate surface area is 124 Å². The number of carbonyl (C=O) groups excluding carboxylic acids is 1. The Morgan fingerprint density at radius 1 is 1.38 bits per heavy atom. The number of amides is 1. The summed E-state index contributed by atoms with van der Waals surface area (Å²) in [5.41, 5.74) is 1.56. The molecule has 4 nitrogen and oxygen atoms in total. The lowest BCUT2D eigenvalue weighted by Crippen LogP contribution is -2.33. The smallest absolute Gasteiger partial charge is 0.328 e. The van der Waals surface area contributed by atoms with Gasteiger partial charge in [-0.15, -0.1) is 0 Å². The van der Waals surface area contributed by atoms with Gasteiger partial charge in [0.2, 0.25) is 0 Å². The topological polar surface area (TPSA) is 66.4 Å². The van der Waals surface area contributed by atoms with Gasteiger partial charge in [0.1, 0.15) is 0 Å². The van der Waals surface area contributed by atoms with Crippen LogP contribution in [-0.2, 0) is 4.79 Å². The zero-order valence-electron chi connectivity index (χ0n) is 12.4. The van der Waals surface area contributed by atoms with Crippen molar-refractivity contribution in [2.45, 2.75) is 39.2 Å². The molecule has 21 heavy (non-hydrogen) atoms. The maximum absolute atomic E-state index is 12.3. The Bertz CT molecular complexity index is 575. The van der Waals surface area contributed by atoms with Crippen molar-refractivity contribution >= 4 is 18.0 Å². The van der Waals surface area contributed by atoms with Gasteiger partial charge in [-0.2, -0.15) is 0 Å². The van der Waals surface area contributed by atoms with Crippen LogP contribution in [0.15, 0.2) is 30.3 Å². The average molecular weight is 287 g/mol. The van der Waals surface area contributed by atoms with E-state index in [2.05, 4.69) is 19.2 Å². The van der Waals surface area contributed by atoms with E-state index >= 15 is 0 Å². The monoisotopic (exact) mass is 287 g/mol. The van der Waals surface area contributed by atoms with E-state index in [4.69, 9.17) is 5.11 Å². The number of nitrogens with one attached hydrogen (secondary N) is 1. The van der Waals surface area contributed by atoms with E-state index in [1.165, 1.54) is 6.08 Å². The minimum absolute atomic E-state index is 0.0942. The second-order valence-corrected chi connectivity index (χ2v) is 6.37. The Morgan fingerprint density at radius 2 is 2.14 bits per heavy atom. The van der Waals surface area contributed by atoms with Crippen LogP contribution in [-0.4, -0.2) is 23.0 Å². The summed E-state index contributed by atoms with van der Waals surface area (Å²) < 4.78 is 0. The van der Waals surface area contributed by atoms with Gasteiger partial charge in [-0.1, -0.05) is 26.0 Å². The van der Waals surface area contributed by atoms with Crippen LogP contribution in [0.1, 0.15) is 49.0 Å². The normalized spacial score (nSPS) is 20.6. The summed E-state index contributed by atoms with van der Waals surface area (Å²) in [7, 11) is 0. The molecule has 1 aromatic carbocycles. The molecule has 0 spiro atoms. The molecule has 2 rings (SSSR count). The first-order valence-corrected chi connectivity index (χ1v) is 7.18. The molecule has 1 aromatic rings. The van der Waals surface area contributed by atoms with E-state index < -0.39 is 5.97 Å². The molecule has 0 radical (unpaired) electrons. The summed E-state index contributed by atoms with van der Waals surface area (Å²) >= 11 is 0. The number of aliphatic carboxylic acids is 1. The first-order chi connectivity index (χ1) is 9.85. The third kappa shape index (κ3) is 4.45. The summed E-state index contributed by atoms with van der Waals surface area (Å²) in [5, 5.41) is 11.7. The van der Waals surface area contributed by atoms with Gasteiger partial charge >= 0.3 is 5.97 Å². The number of carbonyl (C=O) groups is 2. The van der Waals surface area contributed by atoms with Gasteiger partial charge in [-0.3, -0.25) is 4.79 Å². The van der Waals surface area contributed by atoms with Gasteiger partial charge in [0.25, 0.3) is 5.91 Å². The van der Waals surface area contributed by atoms with Crippen molar-refractivity contribution in [3.63, 3.8) is 0 Å². The first kappa shape index (κ1) is 15.3. The fourth-order valence-electron chi connectivity index (χ4n) is 2.78. The molecule has 0 saturated heterocycles. The number of carboxylic acid groups (broad SMARTS) is 1. The molecule has 112 valence electrons. The number of rotatable bonds is 4. The van der Waals surface area contributed by atoms with Crippen molar-refractivity contribution in [1.82, 2.24) is 5.32 Å². The van der Waals surface area contributed by atoms with E-state index in [1.807, 2.05) is 0 Å². The minimum atomic E-state index is -1.00. The molecule has 1 saturated carbocycles. The molecule has 1 aliphatic rings. The molecule has 0 heterocycles. The Balaban J connectivity index is 2.03. The van der Waals surface area contributed by atoms with Gasteiger partial charge < -0.3 is 10.4 Å². The van der Waals surface area contributed by atoms with Crippen molar-refractivity contribution in [3.05, 3.63) is 41.5 Å². The summed E-state index contributed by atoms with van der Waals surface area (Å²) in [4.78, 5) is 22.8. The molecule has 1 unspecified atom stereocenters. The quantitative estimate of drug-likeness (QED) is 0.836. The van der Waals surface area contributed by atoms with Crippen molar-refractivity contribution < 1.29 is 14.7 Å². The van der Waals surface area contributed by atoms with Crippen molar-refractivity contribution in [3.8, 4) is 0 Å². The van der Waals surface area contributed by atoms with Crippen LogP contribution in [0, 0.1) is 5.41 Å². The maximum Gasteiger partial charge on any atom is 0.328 e. The third-order valence-electron chi connectivity index (χ3n) is 3.87. The molecule has 4 heteroatoms. The Kier molecular flexibility index (Phi) is 4.46. The Morgan fingerprint density at radius 3 is 2.76 bits per heavy atom. The van der Waals surface area contributed by atoms with Gasteiger partial charge in [0.05, 0.1) is 0 Å². The van der Waals surface area contributed by atoms with Crippen LogP contribution in [0.5, 0.6) is 0 Å². The molecule has 1 aliphatic carbocycles. The van der Waals surface area contributed by atoms with E-state index in [0.29, 0.717) is 16.5 Å². The van der Waals surface area contributed by atoms with Crippen LogP contribution in [0.4, 0.5) is 0 Å². The van der Waals surface area contributed by atoms with Crippen molar-refractivity contribution in [1.29, 1.82) is 0 Å². The average Bonchev–Trinajstić information content (AvgIpc) is 2.76. The largest absolute Gasteiger partial charge is 0.478 e. The van der Waals surface area contributed by atoms with E-state index in [1.54, 1.807) is 24.3 Å². The number of hydrogen-bond donors (Lipinski definition) is 2. The summed E-state index contributed by atoms with van der Waals surface area (Å²) in [5.74, 6) is -1.10. The van der Waals surface area contributed by atoms with Gasteiger partial charge in [0.15, 0.2) is 0 Å².